The molecule has 1 amide bonds. The van der Waals surface area contributed by atoms with E-state index >= 15 is 0 Å². The highest BCUT2D eigenvalue weighted by molar-refractivity contribution is 5.96. The maximum absolute atomic E-state index is 13.3. The first-order valence-corrected chi connectivity index (χ1v) is 12.7. The second-order valence-corrected chi connectivity index (χ2v) is 10.3. The van der Waals surface area contributed by atoms with Crippen LogP contribution < -0.4 is 0 Å². The minimum atomic E-state index is -4.64. The van der Waals surface area contributed by atoms with Gasteiger partial charge in [-0.15, -0.1) is 0 Å². The summed E-state index contributed by atoms with van der Waals surface area (Å²) in [5.74, 6) is -0.118. The molecule has 0 spiro atoms. The zero-order valence-corrected chi connectivity index (χ0v) is 22.1. The van der Waals surface area contributed by atoms with Gasteiger partial charge in [0, 0.05) is 51.3 Å². The number of rotatable bonds is 6. The smallest absolute Gasteiger partial charge is 0.383 e. The number of hydrogen-bond acceptors (Lipinski definition) is 6. The van der Waals surface area contributed by atoms with Crippen molar-refractivity contribution in [1.82, 2.24) is 24.7 Å². The molecule has 0 bridgehead atoms. The predicted molar refractivity (Wildman–Crippen MR) is 139 cm³/mol. The Morgan fingerprint density at radius 1 is 1.18 bits per heavy atom. The summed E-state index contributed by atoms with van der Waals surface area (Å²) in [7, 11) is -3.20. The molecule has 0 N–H and O–H groups in total. The van der Waals surface area contributed by atoms with Gasteiger partial charge in [-0.1, -0.05) is 12.1 Å². The molecule has 2 aliphatic rings. The monoisotopic (exact) mass is 539 g/mol. The third-order valence-electron chi connectivity index (χ3n) is 7.88. The number of hydrogen-bond donors (Lipinski definition) is 0. The molecule has 0 aliphatic carbocycles. The van der Waals surface area contributed by atoms with Gasteiger partial charge in [0.2, 0.25) is 0 Å². The Bertz CT molecular complexity index is 1330. The van der Waals surface area contributed by atoms with E-state index in [1.165, 1.54) is 11.2 Å². The number of benzene rings is 1. The van der Waals surface area contributed by atoms with Crippen LogP contribution in [-0.2, 0) is 10.9 Å². The van der Waals surface area contributed by atoms with Gasteiger partial charge >= 0.3 is 6.18 Å². The van der Waals surface area contributed by atoms with Gasteiger partial charge in [-0.3, -0.25) is 14.6 Å². The quantitative estimate of drug-likeness (QED) is 0.539. The number of aryl methyl sites for hydroxylation is 2. The normalized spacial score (nSPS) is 25.8. The number of halogens is 3. The first-order valence-electron chi connectivity index (χ1n) is 15.7. The molecule has 1 aromatic heterocycles. The fraction of sp³-hybridized carbons (Fsp3) is 0.607. The van der Waals surface area contributed by atoms with E-state index < -0.39 is 37.4 Å². The van der Waals surface area contributed by atoms with Crippen molar-refractivity contribution in [3.8, 4) is 0 Å². The number of carbonyl (C=O) groups is 1. The molecule has 2 atom stereocenters. The lowest BCUT2D eigenvalue weighted by Gasteiger charge is -2.52. The van der Waals surface area contributed by atoms with Crippen LogP contribution in [0.2, 0.25) is 0 Å². The highest BCUT2D eigenvalue weighted by atomic mass is 19.4. The lowest BCUT2D eigenvalue weighted by atomic mass is 9.86. The first-order chi connectivity index (χ1) is 20.2. The van der Waals surface area contributed by atoms with E-state index in [2.05, 4.69) is 21.8 Å². The molecule has 4 rings (SSSR count). The minimum Gasteiger partial charge on any atom is -0.383 e. The van der Waals surface area contributed by atoms with Crippen LogP contribution in [0.15, 0.2) is 30.6 Å². The van der Waals surface area contributed by atoms with Crippen LogP contribution >= 0.6 is 0 Å². The summed E-state index contributed by atoms with van der Waals surface area (Å²) in [5.41, 5.74) is 0.295. The Hall–Kier alpha value is -2.56. The largest absolute Gasteiger partial charge is 0.416 e. The van der Waals surface area contributed by atoms with Gasteiger partial charge < -0.3 is 9.64 Å². The van der Waals surface area contributed by atoms with Gasteiger partial charge in [-0.25, -0.2) is 9.97 Å². The molecule has 10 heteroatoms. The maximum atomic E-state index is 13.3. The van der Waals surface area contributed by atoms with Crippen LogP contribution in [0.4, 0.5) is 13.2 Å². The zero-order valence-electron chi connectivity index (χ0n) is 28.1. The van der Waals surface area contributed by atoms with Crippen LogP contribution in [0.1, 0.15) is 73.8 Å². The number of piperidine rings is 1. The minimum absolute atomic E-state index is 0.118. The fourth-order valence-corrected chi connectivity index (χ4v) is 5.50. The number of piperazine rings is 1. The number of nitrogens with zero attached hydrogens (tertiary/aromatic N) is 5. The standard InChI is InChI=1S/C28H38F3N5O2/c1-19-16-35(14-15-36(19)24(17-38-5)22-6-8-23(9-7-22)28(29,30)31)27(4)10-12-34(13-11-27)26(37)25-20(2)32-18-33-21(25)3/h6-9,18-19,24H,10-17H2,1-5H3/t19-,24-/m0/s1/i5D3,17D2,24D. The molecule has 208 valence electrons. The van der Waals surface area contributed by atoms with Crippen LogP contribution in [0.3, 0.4) is 0 Å². The summed E-state index contributed by atoms with van der Waals surface area (Å²) in [6.07, 6.45) is -1.89. The molecule has 2 aromatic rings. The number of methoxy groups -OCH3 is 1. The van der Waals surface area contributed by atoms with Crippen molar-refractivity contribution in [2.75, 3.05) is 46.3 Å². The molecule has 38 heavy (non-hydrogen) atoms. The van der Waals surface area contributed by atoms with Crippen molar-refractivity contribution in [2.45, 2.75) is 64.3 Å². The van der Waals surface area contributed by atoms with E-state index in [0.29, 0.717) is 56.0 Å². The van der Waals surface area contributed by atoms with Gasteiger partial charge in [0.1, 0.15) is 6.33 Å². The van der Waals surface area contributed by atoms with E-state index in [-0.39, 0.29) is 23.6 Å². The molecular weight excluding hydrogens is 495 g/mol. The topological polar surface area (TPSA) is 61.8 Å². The SMILES string of the molecule is [2H]C([2H])([2H])OC([2H])([2H])[C@@]([2H])(c1ccc(C(F)(F)F)cc1)N1CCN(C2(C)CCN(C(=O)c3c(C)ncnc3C)CC2)C[C@@H]1C. The van der Waals surface area contributed by atoms with Crippen molar-refractivity contribution >= 4 is 5.91 Å². The van der Waals surface area contributed by atoms with Crippen LogP contribution in [0.5, 0.6) is 0 Å². The summed E-state index contributed by atoms with van der Waals surface area (Å²) in [6, 6.07) is 0.524. The average molecular weight is 540 g/mol. The Balaban J connectivity index is 1.54. The molecule has 7 nitrogen and oxygen atoms in total. The predicted octanol–water partition coefficient (Wildman–Crippen LogP) is 4.50. The molecule has 2 fully saturated rings. The zero-order chi connectivity index (χ0) is 32.9. The number of amides is 1. The van der Waals surface area contributed by atoms with Crippen LogP contribution in [0.25, 0.3) is 0 Å². The Labute approximate surface area is 231 Å². The fourth-order valence-electron chi connectivity index (χ4n) is 5.50. The Kier molecular flexibility index (Phi) is 6.32. The van der Waals surface area contributed by atoms with Crippen molar-refractivity contribution in [1.29, 1.82) is 0 Å². The number of aromatic nitrogens is 2. The Morgan fingerprint density at radius 2 is 1.82 bits per heavy atom. The summed E-state index contributed by atoms with van der Waals surface area (Å²) >= 11 is 0. The van der Waals surface area contributed by atoms with Crippen LogP contribution in [0, 0.1) is 13.8 Å². The van der Waals surface area contributed by atoms with E-state index in [4.69, 9.17) is 11.6 Å². The average Bonchev–Trinajstić information content (AvgIpc) is 2.91. The van der Waals surface area contributed by atoms with Crippen molar-refractivity contribution in [2.24, 2.45) is 0 Å². The summed E-state index contributed by atoms with van der Waals surface area (Å²) in [6.45, 7) is 6.17. The molecule has 2 aliphatic heterocycles. The maximum Gasteiger partial charge on any atom is 0.416 e. The molecule has 0 unspecified atom stereocenters. The Morgan fingerprint density at radius 3 is 2.37 bits per heavy atom. The molecular formula is C28H38F3N5O2. The van der Waals surface area contributed by atoms with Gasteiger partial charge in [0.25, 0.3) is 5.91 Å². The number of alkyl halides is 3. The van der Waals surface area contributed by atoms with Crippen LogP contribution in [-0.4, -0.2) is 88.5 Å². The van der Waals surface area contributed by atoms with E-state index in [0.717, 1.165) is 24.3 Å². The second-order valence-electron chi connectivity index (χ2n) is 10.3. The first kappa shape index (κ1) is 21.3. The van der Waals surface area contributed by atoms with E-state index in [9.17, 15) is 19.3 Å². The highest BCUT2D eigenvalue weighted by Crippen LogP contribution is 2.35. The third kappa shape index (κ3) is 5.87. The van der Waals surface area contributed by atoms with Gasteiger partial charge in [0.05, 0.1) is 43.3 Å². The lowest BCUT2D eigenvalue weighted by Crippen LogP contribution is -2.62. The van der Waals surface area contributed by atoms with Crippen molar-refractivity contribution in [3.05, 3.63) is 58.7 Å². The van der Waals surface area contributed by atoms with Gasteiger partial charge in [-0.05, 0) is 58.2 Å². The second kappa shape index (κ2) is 11.3. The van der Waals surface area contributed by atoms with E-state index in [1.807, 2.05) is 0 Å². The molecule has 3 heterocycles. The highest BCUT2D eigenvalue weighted by Gasteiger charge is 2.41. The summed E-state index contributed by atoms with van der Waals surface area (Å²) in [4.78, 5) is 27.1. The number of likely N-dealkylation sites (tertiary alicyclic amines) is 1. The molecule has 0 radical (unpaired) electrons. The van der Waals surface area contributed by atoms with E-state index in [1.54, 1.807) is 25.7 Å². The lowest BCUT2D eigenvalue weighted by molar-refractivity contribution is -0.137. The van der Waals surface area contributed by atoms with Gasteiger partial charge in [-0.2, -0.15) is 13.2 Å². The number of carbonyl (C=O) groups excluding carboxylic acids is 1. The van der Waals surface area contributed by atoms with Gasteiger partial charge in [0.15, 0.2) is 0 Å². The molecule has 1 aromatic carbocycles. The third-order valence-corrected chi connectivity index (χ3v) is 7.88. The summed E-state index contributed by atoms with van der Waals surface area (Å²) < 4.78 is 93.7. The molecule has 2 saturated heterocycles. The molecule has 0 saturated carbocycles. The van der Waals surface area contributed by atoms with Crippen molar-refractivity contribution in [3.63, 3.8) is 0 Å². The number of ether oxygens (including phenoxy) is 1. The summed E-state index contributed by atoms with van der Waals surface area (Å²) in [5, 5.41) is 0. The van der Waals surface area contributed by atoms with Crippen molar-refractivity contribution < 1.29 is 30.9 Å².